The molecule has 5 heteroatoms. The minimum absolute atomic E-state index is 0.0171. The van der Waals surface area contributed by atoms with Crippen molar-refractivity contribution in [1.29, 1.82) is 5.26 Å². The Kier molecular flexibility index (Phi) is 3.23. The zero-order chi connectivity index (χ0) is 10.7. The molecule has 14 heavy (non-hydrogen) atoms. The maximum atomic E-state index is 10.7. The summed E-state index contributed by atoms with van der Waals surface area (Å²) in [5, 5.41) is 17.5. The van der Waals surface area contributed by atoms with Gasteiger partial charge in [-0.2, -0.15) is 5.26 Å². The minimum atomic E-state index is -1.12. The molecule has 0 unspecified atom stereocenters. The minimum Gasteiger partial charge on any atom is -0.478 e. The van der Waals surface area contributed by atoms with Crippen LogP contribution in [0.1, 0.15) is 21.5 Å². The summed E-state index contributed by atoms with van der Waals surface area (Å²) < 4.78 is 0.608. The number of carboxylic acids is 1. The third-order valence-electron chi connectivity index (χ3n) is 1.76. The lowest BCUT2D eigenvalue weighted by atomic mass is 10.1. The van der Waals surface area contributed by atoms with Crippen molar-refractivity contribution in [2.24, 2.45) is 5.73 Å². The van der Waals surface area contributed by atoms with Crippen molar-refractivity contribution in [3.63, 3.8) is 0 Å². The summed E-state index contributed by atoms with van der Waals surface area (Å²) in [4.78, 5) is 10.7. The molecule has 1 aromatic rings. The van der Waals surface area contributed by atoms with E-state index in [4.69, 9.17) is 16.1 Å². The highest BCUT2D eigenvalue weighted by Gasteiger charge is 2.12. The molecule has 0 spiro atoms. The molecule has 0 saturated heterocycles. The first kappa shape index (κ1) is 10.7. The Balaban J connectivity index is 3.41. The first-order chi connectivity index (χ1) is 6.60. The second kappa shape index (κ2) is 4.22. The number of carbonyl (C=O) groups is 1. The Labute approximate surface area is 89.1 Å². The van der Waals surface area contributed by atoms with E-state index in [1.54, 1.807) is 0 Å². The van der Waals surface area contributed by atoms with Crippen LogP contribution in [0.25, 0.3) is 0 Å². The molecule has 0 saturated carbocycles. The largest absolute Gasteiger partial charge is 0.478 e. The maximum absolute atomic E-state index is 10.7. The van der Waals surface area contributed by atoms with Gasteiger partial charge < -0.3 is 10.8 Å². The van der Waals surface area contributed by atoms with E-state index in [1.165, 1.54) is 12.1 Å². The fourth-order valence-electron chi connectivity index (χ4n) is 1.04. The number of hydrogen-bond acceptors (Lipinski definition) is 3. The Bertz CT molecular complexity index is 424. The summed E-state index contributed by atoms with van der Waals surface area (Å²) in [5.41, 5.74) is 6.24. The van der Waals surface area contributed by atoms with E-state index >= 15 is 0 Å². The lowest BCUT2D eigenvalue weighted by Gasteiger charge is -2.04. The van der Waals surface area contributed by atoms with Gasteiger partial charge in [-0.3, -0.25) is 0 Å². The van der Waals surface area contributed by atoms with Crippen LogP contribution in [-0.2, 0) is 6.54 Å². The molecule has 0 heterocycles. The smallest absolute Gasteiger partial charge is 0.337 e. The highest BCUT2D eigenvalue weighted by molar-refractivity contribution is 9.10. The number of nitrogens with zero attached hydrogens (tertiary/aromatic N) is 1. The van der Waals surface area contributed by atoms with E-state index in [0.717, 1.165) is 0 Å². The number of hydrogen-bond donors (Lipinski definition) is 2. The fourth-order valence-corrected chi connectivity index (χ4v) is 1.55. The van der Waals surface area contributed by atoms with Crippen molar-refractivity contribution in [3.8, 4) is 6.07 Å². The van der Waals surface area contributed by atoms with Gasteiger partial charge in [0.2, 0.25) is 0 Å². The first-order valence-corrected chi connectivity index (χ1v) is 4.55. The van der Waals surface area contributed by atoms with Gasteiger partial charge in [0, 0.05) is 11.0 Å². The quantitative estimate of drug-likeness (QED) is 0.837. The zero-order valence-electron chi connectivity index (χ0n) is 7.12. The van der Waals surface area contributed by atoms with E-state index in [0.29, 0.717) is 10.0 Å². The van der Waals surface area contributed by atoms with E-state index in [1.807, 2.05) is 6.07 Å². The summed E-state index contributed by atoms with van der Waals surface area (Å²) >= 11 is 3.19. The van der Waals surface area contributed by atoms with Gasteiger partial charge >= 0.3 is 5.97 Å². The molecule has 0 radical (unpaired) electrons. The van der Waals surface area contributed by atoms with Crippen LogP contribution in [0.2, 0.25) is 0 Å². The van der Waals surface area contributed by atoms with E-state index in [9.17, 15) is 4.79 Å². The molecule has 72 valence electrons. The molecule has 1 rings (SSSR count). The molecule has 0 amide bonds. The summed E-state index contributed by atoms with van der Waals surface area (Å²) in [7, 11) is 0. The average molecular weight is 255 g/mol. The van der Waals surface area contributed by atoms with Crippen LogP contribution < -0.4 is 5.73 Å². The summed E-state index contributed by atoms with van der Waals surface area (Å²) in [6, 6.07) is 4.69. The normalized spacial score (nSPS) is 9.50. The van der Waals surface area contributed by atoms with Crippen molar-refractivity contribution >= 4 is 21.9 Å². The van der Waals surface area contributed by atoms with Crippen LogP contribution in [0.3, 0.4) is 0 Å². The molecule has 0 aliphatic rings. The monoisotopic (exact) mass is 254 g/mol. The highest BCUT2D eigenvalue weighted by atomic mass is 79.9. The number of rotatable bonds is 2. The third-order valence-corrected chi connectivity index (χ3v) is 2.50. The summed E-state index contributed by atoms with van der Waals surface area (Å²) in [6.45, 7) is 0.259. The lowest BCUT2D eigenvalue weighted by Crippen LogP contribution is -2.04. The SMILES string of the molecule is N#Cc1cc(CN)c(Br)cc1C(=O)O. The number of carboxylic acid groups (broad SMARTS) is 1. The number of benzene rings is 1. The molecule has 0 fully saturated rings. The van der Waals surface area contributed by atoms with Gasteiger partial charge in [0.25, 0.3) is 0 Å². The predicted molar refractivity (Wildman–Crippen MR) is 53.7 cm³/mol. The van der Waals surface area contributed by atoms with Crippen molar-refractivity contribution in [2.45, 2.75) is 6.54 Å². The fraction of sp³-hybridized carbons (Fsp3) is 0.111. The Morgan fingerprint density at radius 1 is 1.64 bits per heavy atom. The molecular weight excluding hydrogens is 248 g/mol. The van der Waals surface area contributed by atoms with Crippen molar-refractivity contribution in [1.82, 2.24) is 0 Å². The predicted octanol–water partition coefficient (Wildman–Crippen LogP) is 1.48. The van der Waals surface area contributed by atoms with Gasteiger partial charge in [-0.15, -0.1) is 0 Å². The van der Waals surface area contributed by atoms with Crippen LogP contribution in [0.4, 0.5) is 0 Å². The van der Waals surface area contributed by atoms with E-state index in [2.05, 4.69) is 15.9 Å². The molecular formula is C9H7BrN2O2. The van der Waals surface area contributed by atoms with Crippen LogP contribution in [0.15, 0.2) is 16.6 Å². The van der Waals surface area contributed by atoms with Gasteiger partial charge in [0.15, 0.2) is 0 Å². The van der Waals surface area contributed by atoms with E-state index < -0.39 is 5.97 Å². The topological polar surface area (TPSA) is 87.1 Å². The Morgan fingerprint density at radius 3 is 2.71 bits per heavy atom. The molecule has 0 aliphatic carbocycles. The Hall–Kier alpha value is -1.38. The average Bonchev–Trinajstić information content (AvgIpc) is 2.17. The summed E-state index contributed by atoms with van der Waals surface area (Å²) in [5.74, 6) is -1.12. The van der Waals surface area contributed by atoms with Gasteiger partial charge in [0.05, 0.1) is 11.1 Å². The molecule has 4 nitrogen and oxygen atoms in total. The molecule has 1 aromatic carbocycles. The van der Waals surface area contributed by atoms with Crippen molar-refractivity contribution < 1.29 is 9.90 Å². The summed E-state index contributed by atoms with van der Waals surface area (Å²) in [6.07, 6.45) is 0. The van der Waals surface area contributed by atoms with Gasteiger partial charge in [-0.25, -0.2) is 4.79 Å². The van der Waals surface area contributed by atoms with Crippen LogP contribution in [-0.4, -0.2) is 11.1 Å². The lowest BCUT2D eigenvalue weighted by molar-refractivity contribution is 0.0696. The number of aromatic carboxylic acids is 1. The van der Waals surface area contributed by atoms with Gasteiger partial charge in [-0.1, -0.05) is 15.9 Å². The Morgan fingerprint density at radius 2 is 2.29 bits per heavy atom. The first-order valence-electron chi connectivity index (χ1n) is 3.76. The molecule has 0 aromatic heterocycles. The molecule has 0 aliphatic heterocycles. The standard InChI is InChI=1S/C9H7BrN2O2/c10-8-2-7(9(13)14)5(3-11)1-6(8)4-12/h1-2H,4,12H2,(H,13,14). The number of nitrogens with two attached hydrogens (primary N) is 1. The van der Waals surface area contributed by atoms with Crippen molar-refractivity contribution in [3.05, 3.63) is 33.3 Å². The third kappa shape index (κ3) is 1.92. The maximum Gasteiger partial charge on any atom is 0.337 e. The zero-order valence-corrected chi connectivity index (χ0v) is 8.71. The molecule has 0 bridgehead atoms. The van der Waals surface area contributed by atoms with Gasteiger partial charge in [0.1, 0.15) is 6.07 Å². The number of halogens is 1. The van der Waals surface area contributed by atoms with Crippen molar-refractivity contribution in [2.75, 3.05) is 0 Å². The van der Waals surface area contributed by atoms with E-state index in [-0.39, 0.29) is 17.7 Å². The highest BCUT2D eigenvalue weighted by Crippen LogP contribution is 2.21. The molecule has 0 atom stereocenters. The second-order valence-electron chi connectivity index (χ2n) is 2.61. The number of nitriles is 1. The van der Waals surface area contributed by atoms with Gasteiger partial charge in [-0.05, 0) is 17.7 Å². The molecule has 3 N–H and O–H groups in total. The van der Waals surface area contributed by atoms with Crippen LogP contribution >= 0.6 is 15.9 Å². The second-order valence-corrected chi connectivity index (χ2v) is 3.46. The van der Waals surface area contributed by atoms with Crippen LogP contribution in [0, 0.1) is 11.3 Å². The van der Waals surface area contributed by atoms with Crippen LogP contribution in [0.5, 0.6) is 0 Å².